The minimum atomic E-state index is -0.143. The zero-order valence-electron chi connectivity index (χ0n) is 13.0. The molecular formula is C19H24FN. The molecule has 2 heteroatoms. The molecule has 2 aromatic carbocycles. The molecule has 0 aromatic heterocycles. The Hall–Kier alpha value is -1.83. The molecule has 2 aromatic rings. The predicted octanol–water partition coefficient (Wildman–Crippen LogP) is 5.48. The van der Waals surface area contributed by atoms with Crippen LogP contribution in [-0.4, -0.2) is 0 Å². The third-order valence-electron chi connectivity index (χ3n) is 3.74. The topological polar surface area (TPSA) is 12.0 Å². The van der Waals surface area contributed by atoms with Crippen molar-refractivity contribution in [2.45, 2.75) is 46.1 Å². The van der Waals surface area contributed by atoms with E-state index in [1.54, 1.807) is 6.92 Å². The molecule has 0 radical (unpaired) electrons. The molecule has 0 amide bonds. The van der Waals surface area contributed by atoms with Gasteiger partial charge in [-0.25, -0.2) is 4.39 Å². The van der Waals surface area contributed by atoms with E-state index in [1.165, 1.54) is 30.9 Å². The highest BCUT2D eigenvalue weighted by molar-refractivity contribution is 5.45. The van der Waals surface area contributed by atoms with E-state index in [1.807, 2.05) is 12.1 Å². The molecule has 0 saturated heterocycles. The largest absolute Gasteiger partial charge is 0.381 e. The van der Waals surface area contributed by atoms with Crippen LogP contribution in [0.25, 0.3) is 0 Å². The molecule has 0 aliphatic rings. The van der Waals surface area contributed by atoms with Crippen LogP contribution in [0.3, 0.4) is 0 Å². The Kier molecular flexibility index (Phi) is 5.79. The number of hydrogen-bond donors (Lipinski definition) is 1. The Morgan fingerprint density at radius 1 is 0.952 bits per heavy atom. The van der Waals surface area contributed by atoms with Crippen LogP contribution < -0.4 is 5.32 Å². The smallest absolute Gasteiger partial charge is 0.126 e. The van der Waals surface area contributed by atoms with Crippen LogP contribution in [0.4, 0.5) is 10.1 Å². The summed E-state index contributed by atoms with van der Waals surface area (Å²) in [5, 5.41) is 3.38. The molecule has 0 aliphatic carbocycles. The number of rotatable bonds is 7. The summed E-state index contributed by atoms with van der Waals surface area (Å²) in [6, 6.07) is 13.9. The van der Waals surface area contributed by atoms with E-state index in [2.05, 4.69) is 36.5 Å². The summed E-state index contributed by atoms with van der Waals surface area (Å²) >= 11 is 0. The van der Waals surface area contributed by atoms with Gasteiger partial charge in [0.1, 0.15) is 5.82 Å². The van der Waals surface area contributed by atoms with Gasteiger partial charge in [-0.15, -0.1) is 0 Å². The van der Waals surface area contributed by atoms with Crippen LogP contribution in [0.1, 0.15) is 42.9 Å². The Morgan fingerprint density at radius 3 is 2.33 bits per heavy atom. The molecule has 0 saturated carbocycles. The van der Waals surface area contributed by atoms with Crippen LogP contribution in [0, 0.1) is 12.7 Å². The standard InChI is InChI=1S/C19H24FN/c1-3-4-5-6-16-7-10-18(11-8-16)21-14-17-9-12-19(20)15(2)13-17/h7-13,21H,3-6,14H2,1-2H3. The highest BCUT2D eigenvalue weighted by Gasteiger charge is 2.00. The lowest BCUT2D eigenvalue weighted by Crippen LogP contribution is -2.00. The van der Waals surface area contributed by atoms with Gasteiger partial charge in [0.25, 0.3) is 0 Å². The molecule has 0 spiro atoms. The lowest BCUT2D eigenvalue weighted by Gasteiger charge is -2.09. The van der Waals surface area contributed by atoms with Crippen LogP contribution in [0.15, 0.2) is 42.5 Å². The molecule has 1 N–H and O–H groups in total. The highest BCUT2D eigenvalue weighted by Crippen LogP contribution is 2.15. The Balaban J connectivity index is 1.86. The molecule has 1 nitrogen and oxygen atoms in total. The number of anilines is 1. The van der Waals surface area contributed by atoms with Crippen molar-refractivity contribution >= 4 is 5.69 Å². The summed E-state index contributed by atoms with van der Waals surface area (Å²) in [4.78, 5) is 0. The van der Waals surface area contributed by atoms with Crippen molar-refractivity contribution in [1.82, 2.24) is 0 Å². The minimum Gasteiger partial charge on any atom is -0.381 e. The molecule has 0 atom stereocenters. The second-order valence-corrected chi connectivity index (χ2v) is 5.59. The van der Waals surface area contributed by atoms with E-state index in [0.717, 1.165) is 24.2 Å². The van der Waals surface area contributed by atoms with E-state index in [0.29, 0.717) is 5.56 Å². The zero-order valence-corrected chi connectivity index (χ0v) is 13.0. The van der Waals surface area contributed by atoms with Gasteiger partial charge in [0.15, 0.2) is 0 Å². The van der Waals surface area contributed by atoms with Gasteiger partial charge >= 0.3 is 0 Å². The lowest BCUT2D eigenvalue weighted by molar-refractivity contribution is 0.617. The first-order valence-corrected chi connectivity index (χ1v) is 7.77. The SMILES string of the molecule is CCCCCc1ccc(NCc2ccc(F)c(C)c2)cc1. The maximum Gasteiger partial charge on any atom is 0.126 e. The van der Waals surface area contributed by atoms with Gasteiger partial charge in [0.2, 0.25) is 0 Å². The van der Waals surface area contributed by atoms with Crippen LogP contribution in [0.2, 0.25) is 0 Å². The van der Waals surface area contributed by atoms with Gasteiger partial charge in [-0.1, -0.05) is 44.0 Å². The molecule has 0 heterocycles. The lowest BCUT2D eigenvalue weighted by atomic mass is 10.1. The van der Waals surface area contributed by atoms with E-state index in [4.69, 9.17) is 0 Å². The average molecular weight is 285 g/mol. The van der Waals surface area contributed by atoms with Gasteiger partial charge in [0, 0.05) is 12.2 Å². The van der Waals surface area contributed by atoms with Crippen molar-refractivity contribution in [3.05, 3.63) is 65.0 Å². The van der Waals surface area contributed by atoms with Crippen LogP contribution >= 0.6 is 0 Å². The average Bonchev–Trinajstić information content (AvgIpc) is 2.50. The zero-order chi connectivity index (χ0) is 15.1. The molecule has 0 fully saturated rings. The molecule has 0 aliphatic heterocycles. The maximum atomic E-state index is 13.2. The highest BCUT2D eigenvalue weighted by atomic mass is 19.1. The second-order valence-electron chi connectivity index (χ2n) is 5.59. The summed E-state index contributed by atoms with van der Waals surface area (Å²) in [5.74, 6) is -0.143. The first-order valence-electron chi connectivity index (χ1n) is 7.77. The molecular weight excluding hydrogens is 261 g/mol. The molecule has 21 heavy (non-hydrogen) atoms. The van der Waals surface area contributed by atoms with Crippen molar-refractivity contribution in [2.75, 3.05) is 5.32 Å². The molecule has 0 unspecified atom stereocenters. The Bertz CT molecular complexity index is 560. The normalized spacial score (nSPS) is 10.6. The first-order chi connectivity index (χ1) is 10.2. The fourth-order valence-electron chi connectivity index (χ4n) is 2.39. The van der Waals surface area contributed by atoms with Gasteiger partial charge in [-0.3, -0.25) is 0 Å². The number of halogens is 1. The third-order valence-corrected chi connectivity index (χ3v) is 3.74. The van der Waals surface area contributed by atoms with Gasteiger partial charge < -0.3 is 5.32 Å². The number of aryl methyl sites for hydroxylation is 2. The van der Waals surface area contributed by atoms with Crippen molar-refractivity contribution in [2.24, 2.45) is 0 Å². The Labute approximate surface area is 127 Å². The fraction of sp³-hybridized carbons (Fsp3) is 0.368. The second kappa shape index (κ2) is 7.82. The molecule has 0 bridgehead atoms. The van der Waals surface area contributed by atoms with Gasteiger partial charge in [-0.2, -0.15) is 0 Å². The third kappa shape index (κ3) is 4.89. The van der Waals surface area contributed by atoms with E-state index >= 15 is 0 Å². The van der Waals surface area contributed by atoms with E-state index in [9.17, 15) is 4.39 Å². The van der Waals surface area contributed by atoms with Gasteiger partial charge in [0.05, 0.1) is 0 Å². The number of hydrogen-bond acceptors (Lipinski definition) is 1. The summed E-state index contributed by atoms with van der Waals surface area (Å²) in [6.07, 6.45) is 4.98. The van der Waals surface area contributed by atoms with Gasteiger partial charge in [-0.05, 0) is 54.7 Å². The first kappa shape index (κ1) is 15.6. The summed E-state index contributed by atoms with van der Waals surface area (Å²) in [5.41, 5.74) is 4.30. The van der Waals surface area contributed by atoms with Crippen molar-refractivity contribution in [3.63, 3.8) is 0 Å². The van der Waals surface area contributed by atoms with Crippen molar-refractivity contribution in [1.29, 1.82) is 0 Å². The minimum absolute atomic E-state index is 0.143. The number of unbranched alkanes of at least 4 members (excludes halogenated alkanes) is 2. The number of nitrogens with one attached hydrogen (secondary N) is 1. The van der Waals surface area contributed by atoms with Crippen molar-refractivity contribution < 1.29 is 4.39 Å². The summed E-state index contributed by atoms with van der Waals surface area (Å²) < 4.78 is 13.2. The monoisotopic (exact) mass is 285 g/mol. The van der Waals surface area contributed by atoms with Crippen molar-refractivity contribution in [3.8, 4) is 0 Å². The molecule has 2 rings (SSSR count). The predicted molar refractivity (Wildman–Crippen MR) is 88.1 cm³/mol. The van der Waals surface area contributed by atoms with Crippen LogP contribution in [-0.2, 0) is 13.0 Å². The number of benzene rings is 2. The van der Waals surface area contributed by atoms with E-state index in [-0.39, 0.29) is 5.82 Å². The Morgan fingerprint density at radius 2 is 1.67 bits per heavy atom. The fourth-order valence-corrected chi connectivity index (χ4v) is 2.39. The molecule has 112 valence electrons. The quantitative estimate of drug-likeness (QED) is 0.664. The van der Waals surface area contributed by atoms with E-state index < -0.39 is 0 Å². The van der Waals surface area contributed by atoms with Crippen LogP contribution in [0.5, 0.6) is 0 Å². The summed E-state index contributed by atoms with van der Waals surface area (Å²) in [7, 11) is 0. The maximum absolute atomic E-state index is 13.2. The summed E-state index contributed by atoms with van der Waals surface area (Å²) in [6.45, 7) is 4.74.